The van der Waals surface area contributed by atoms with E-state index in [0.29, 0.717) is 17.4 Å². The predicted molar refractivity (Wildman–Crippen MR) is 82.0 cm³/mol. The molecule has 4 nitrogen and oxygen atoms in total. The van der Waals surface area contributed by atoms with E-state index in [2.05, 4.69) is 13.0 Å². The summed E-state index contributed by atoms with van der Waals surface area (Å²) in [6.45, 7) is 2.92. The average Bonchev–Trinajstić information content (AvgIpc) is 2.49. The van der Waals surface area contributed by atoms with Gasteiger partial charge in [-0.05, 0) is 37.8 Å². The second-order valence-corrected chi connectivity index (χ2v) is 4.84. The van der Waals surface area contributed by atoms with E-state index in [1.165, 1.54) is 5.56 Å². The number of ether oxygens (including phenoxy) is 3. The van der Waals surface area contributed by atoms with Gasteiger partial charge >= 0.3 is 0 Å². The molecule has 1 aromatic rings. The minimum atomic E-state index is 0.443. The normalized spacial score (nSPS) is 12.1. The van der Waals surface area contributed by atoms with E-state index in [9.17, 15) is 0 Å². The highest BCUT2D eigenvalue weighted by Crippen LogP contribution is 2.44. The molecule has 20 heavy (non-hydrogen) atoms. The summed E-state index contributed by atoms with van der Waals surface area (Å²) < 4.78 is 16.4. The standard InChI is InChI=1S/C16H27NO3/c1-5-7-12(8-6-11-17)13-9-10-14(18-2)16(20-4)15(13)19-3/h9-10,12H,5-8,11,17H2,1-4H3. The van der Waals surface area contributed by atoms with Crippen molar-refractivity contribution in [3.63, 3.8) is 0 Å². The molecule has 0 amide bonds. The molecular formula is C16H27NO3. The number of nitrogens with two attached hydrogens (primary N) is 1. The highest BCUT2D eigenvalue weighted by molar-refractivity contribution is 5.56. The van der Waals surface area contributed by atoms with Crippen molar-refractivity contribution in [2.24, 2.45) is 5.73 Å². The number of methoxy groups -OCH3 is 3. The molecule has 1 rings (SSSR count). The van der Waals surface area contributed by atoms with Gasteiger partial charge in [0.2, 0.25) is 5.75 Å². The molecule has 0 saturated heterocycles. The maximum absolute atomic E-state index is 5.65. The Morgan fingerprint density at radius 1 is 1.00 bits per heavy atom. The summed E-state index contributed by atoms with van der Waals surface area (Å²) in [4.78, 5) is 0. The molecule has 4 heteroatoms. The SMILES string of the molecule is CCCC(CCCN)c1ccc(OC)c(OC)c1OC. The number of rotatable bonds is 9. The van der Waals surface area contributed by atoms with Gasteiger partial charge in [0, 0.05) is 5.56 Å². The minimum Gasteiger partial charge on any atom is -0.493 e. The fraction of sp³-hybridized carbons (Fsp3) is 0.625. The molecule has 0 aliphatic rings. The van der Waals surface area contributed by atoms with Gasteiger partial charge < -0.3 is 19.9 Å². The molecule has 0 aliphatic carbocycles. The van der Waals surface area contributed by atoms with Crippen LogP contribution in [0.2, 0.25) is 0 Å². The third kappa shape index (κ3) is 3.79. The monoisotopic (exact) mass is 281 g/mol. The van der Waals surface area contributed by atoms with E-state index in [-0.39, 0.29) is 0 Å². The van der Waals surface area contributed by atoms with Crippen molar-refractivity contribution in [1.29, 1.82) is 0 Å². The fourth-order valence-corrected chi connectivity index (χ4v) is 2.61. The van der Waals surface area contributed by atoms with Gasteiger partial charge in [0.25, 0.3) is 0 Å². The molecule has 0 saturated carbocycles. The second-order valence-electron chi connectivity index (χ2n) is 4.84. The summed E-state index contributed by atoms with van der Waals surface area (Å²) in [5.41, 5.74) is 6.83. The molecule has 2 N–H and O–H groups in total. The van der Waals surface area contributed by atoms with E-state index >= 15 is 0 Å². The van der Waals surface area contributed by atoms with Gasteiger partial charge in [-0.1, -0.05) is 19.4 Å². The van der Waals surface area contributed by atoms with Crippen molar-refractivity contribution in [2.45, 2.75) is 38.5 Å². The first kappa shape index (κ1) is 16.6. The van der Waals surface area contributed by atoms with Crippen LogP contribution in [0, 0.1) is 0 Å². The molecule has 1 aromatic carbocycles. The van der Waals surface area contributed by atoms with Crippen LogP contribution < -0.4 is 19.9 Å². The average molecular weight is 281 g/mol. The minimum absolute atomic E-state index is 0.443. The zero-order chi connectivity index (χ0) is 15.0. The smallest absolute Gasteiger partial charge is 0.203 e. The van der Waals surface area contributed by atoms with Gasteiger partial charge in [-0.15, -0.1) is 0 Å². The van der Waals surface area contributed by atoms with Crippen LogP contribution in [0.5, 0.6) is 17.2 Å². The lowest BCUT2D eigenvalue weighted by atomic mass is 9.89. The lowest BCUT2D eigenvalue weighted by molar-refractivity contribution is 0.319. The molecule has 0 radical (unpaired) electrons. The number of benzene rings is 1. The van der Waals surface area contributed by atoms with E-state index in [1.807, 2.05) is 6.07 Å². The Balaban J connectivity index is 3.19. The van der Waals surface area contributed by atoms with E-state index in [0.717, 1.165) is 38.0 Å². The number of hydrogen-bond donors (Lipinski definition) is 1. The van der Waals surface area contributed by atoms with Crippen molar-refractivity contribution in [1.82, 2.24) is 0 Å². The molecule has 0 aromatic heterocycles. The van der Waals surface area contributed by atoms with Crippen LogP contribution in [-0.4, -0.2) is 27.9 Å². The zero-order valence-electron chi connectivity index (χ0n) is 13.1. The van der Waals surface area contributed by atoms with Crippen LogP contribution >= 0.6 is 0 Å². The summed E-state index contributed by atoms with van der Waals surface area (Å²) in [5.74, 6) is 2.59. The Morgan fingerprint density at radius 3 is 2.20 bits per heavy atom. The largest absolute Gasteiger partial charge is 0.493 e. The summed E-state index contributed by atoms with van der Waals surface area (Å²) >= 11 is 0. The Labute approximate surface area is 122 Å². The van der Waals surface area contributed by atoms with Crippen LogP contribution in [0.15, 0.2) is 12.1 Å². The first-order valence-corrected chi connectivity index (χ1v) is 7.22. The van der Waals surface area contributed by atoms with Gasteiger partial charge in [0.15, 0.2) is 11.5 Å². The van der Waals surface area contributed by atoms with Crippen LogP contribution in [0.4, 0.5) is 0 Å². The lowest BCUT2D eigenvalue weighted by Gasteiger charge is -2.22. The van der Waals surface area contributed by atoms with Gasteiger partial charge in [0.1, 0.15) is 0 Å². The van der Waals surface area contributed by atoms with Crippen molar-refractivity contribution in [3.05, 3.63) is 17.7 Å². The Kier molecular flexibility index (Phi) is 7.23. The predicted octanol–water partition coefficient (Wildman–Crippen LogP) is 3.34. The quantitative estimate of drug-likeness (QED) is 0.754. The second kappa shape index (κ2) is 8.69. The first-order valence-electron chi connectivity index (χ1n) is 7.22. The molecule has 114 valence electrons. The molecule has 0 fully saturated rings. The molecule has 0 spiro atoms. The summed E-state index contributed by atoms with van der Waals surface area (Å²) in [7, 11) is 4.94. The van der Waals surface area contributed by atoms with Gasteiger partial charge in [0.05, 0.1) is 21.3 Å². The van der Waals surface area contributed by atoms with Crippen LogP contribution in [-0.2, 0) is 0 Å². The zero-order valence-corrected chi connectivity index (χ0v) is 13.1. The van der Waals surface area contributed by atoms with Gasteiger partial charge in [-0.3, -0.25) is 0 Å². The van der Waals surface area contributed by atoms with Gasteiger partial charge in [-0.25, -0.2) is 0 Å². The third-order valence-electron chi connectivity index (χ3n) is 3.57. The Hall–Kier alpha value is -1.42. The van der Waals surface area contributed by atoms with E-state index in [1.54, 1.807) is 21.3 Å². The van der Waals surface area contributed by atoms with Crippen molar-refractivity contribution >= 4 is 0 Å². The summed E-state index contributed by atoms with van der Waals surface area (Å²) in [5, 5.41) is 0. The summed E-state index contributed by atoms with van der Waals surface area (Å²) in [6, 6.07) is 4.03. The van der Waals surface area contributed by atoms with E-state index < -0.39 is 0 Å². The van der Waals surface area contributed by atoms with E-state index in [4.69, 9.17) is 19.9 Å². The molecular weight excluding hydrogens is 254 g/mol. The maximum atomic E-state index is 5.65. The number of hydrogen-bond acceptors (Lipinski definition) is 4. The molecule has 0 bridgehead atoms. The topological polar surface area (TPSA) is 53.7 Å². The molecule has 0 aliphatic heterocycles. The lowest BCUT2D eigenvalue weighted by Crippen LogP contribution is -2.07. The highest BCUT2D eigenvalue weighted by Gasteiger charge is 2.21. The van der Waals surface area contributed by atoms with Crippen molar-refractivity contribution < 1.29 is 14.2 Å². The van der Waals surface area contributed by atoms with Crippen molar-refractivity contribution in [3.8, 4) is 17.2 Å². The van der Waals surface area contributed by atoms with Crippen LogP contribution in [0.3, 0.4) is 0 Å². The first-order chi connectivity index (χ1) is 9.73. The van der Waals surface area contributed by atoms with Crippen LogP contribution in [0.25, 0.3) is 0 Å². The third-order valence-corrected chi connectivity index (χ3v) is 3.57. The van der Waals surface area contributed by atoms with Gasteiger partial charge in [-0.2, -0.15) is 0 Å². The molecule has 0 heterocycles. The van der Waals surface area contributed by atoms with Crippen LogP contribution in [0.1, 0.15) is 44.1 Å². The molecule has 1 unspecified atom stereocenters. The van der Waals surface area contributed by atoms with Crippen molar-refractivity contribution in [2.75, 3.05) is 27.9 Å². The Morgan fingerprint density at radius 2 is 1.70 bits per heavy atom. The Bertz CT molecular complexity index is 407. The summed E-state index contributed by atoms with van der Waals surface area (Å²) in [6.07, 6.45) is 4.33. The fourth-order valence-electron chi connectivity index (χ4n) is 2.61. The highest BCUT2D eigenvalue weighted by atomic mass is 16.5. The molecule has 1 atom stereocenters. The maximum Gasteiger partial charge on any atom is 0.203 e.